The van der Waals surface area contributed by atoms with Crippen LogP contribution in [0.3, 0.4) is 0 Å². The van der Waals surface area contributed by atoms with Crippen LogP contribution in [0.15, 0.2) is 60.7 Å². The zero-order valence-electron chi connectivity index (χ0n) is 17.4. The van der Waals surface area contributed by atoms with Gasteiger partial charge < -0.3 is 14.2 Å². The van der Waals surface area contributed by atoms with Gasteiger partial charge in [0.2, 0.25) is 0 Å². The number of benzene rings is 3. The molecule has 0 radical (unpaired) electrons. The lowest BCUT2D eigenvalue weighted by atomic mass is 10.1. The average molecular weight is 408 g/mol. The zero-order valence-corrected chi connectivity index (χ0v) is 17.4. The Kier molecular flexibility index (Phi) is 6.00. The largest absolute Gasteiger partial charge is 0.492 e. The summed E-state index contributed by atoms with van der Waals surface area (Å²) in [6.07, 6.45) is 0. The lowest BCUT2D eigenvalue weighted by Crippen LogP contribution is -2.27. The first-order valence-electron chi connectivity index (χ1n) is 10.4. The molecule has 0 saturated heterocycles. The fourth-order valence-electron chi connectivity index (χ4n) is 4.01. The monoisotopic (exact) mass is 408 g/mol. The van der Waals surface area contributed by atoms with Crippen molar-refractivity contribution in [3.63, 3.8) is 0 Å². The van der Waals surface area contributed by atoms with E-state index >= 15 is 0 Å². The van der Waals surface area contributed by atoms with Crippen molar-refractivity contribution >= 4 is 21.8 Å². The highest BCUT2D eigenvalue weighted by Gasteiger charge is 2.18. The summed E-state index contributed by atoms with van der Waals surface area (Å²) in [6, 6.07) is 17.3. The molecule has 5 heteroatoms. The van der Waals surface area contributed by atoms with Crippen molar-refractivity contribution < 1.29 is 13.5 Å². The first-order valence-corrected chi connectivity index (χ1v) is 10.4. The number of hydrogen-bond donors (Lipinski definition) is 0. The SMILES string of the molecule is CCN(CC)CCOc1cccc2c1c1cccc(F)c1n2Cc1ccc(F)cc1. The summed E-state index contributed by atoms with van der Waals surface area (Å²) < 4.78 is 36.3. The van der Waals surface area contributed by atoms with Crippen molar-refractivity contribution in [2.75, 3.05) is 26.2 Å². The van der Waals surface area contributed by atoms with Gasteiger partial charge in [-0.15, -0.1) is 0 Å². The molecule has 0 bridgehead atoms. The van der Waals surface area contributed by atoms with Gasteiger partial charge in [0.15, 0.2) is 0 Å². The van der Waals surface area contributed by atoms with Gasteiger partial charge in [0.1, 0.15) is 24.0 Å². The topological polar surface area (TPSA) is 17.4 Å². The van der Waals surface area contributed by atoms with Crippen molar-refractivity contribution in [2.24, 2.45) is 0 Å². The highest BCUT2D eigenvalue weighted by molar-refractivity contribution is 6.11. The predicted molar refractivity (Wildman–Crippen MR) is 118 cm³/mol. The second-order valence-electron chi connectivity index (χ2n) is 7.37. The van der Waals surface area contributed by atoms with E-state index < -0.39 is 0 Å². The normalized spacial score (nSPS) is 11.6. The Morgan fingerprint density at radius 1 is 0.900 bits per heavy atom. The van der Waals surface area contributed by atoms with Gasteiger partial charge in [-0.3, -0.25) is 0 Å². The quantitative estimate of drug-likeness (QED) is 0.364. The van der Waals surface area contributed by atoms with Crippen LogP contribution in [0.4, 0.5) is 8.78 Å². The molecule has 0 fully saturated rings. The van der Waals surface area contributed by atoms with Crippen LogP contribution in [-0.4, -0.2) is 35.7 Å². The molecule has 156 valence electrons. The molecule has 3 aromatic carbocycles. The van der Waals surface area contributed by atoms with Crippen molar-refractivity contribution in [3.8, 4) is 5.75 Å². The smallest absolute Gasteiger partial charge is 0.147 e. The highest BCUT2D eigenvalue weighted by atomic mass is 19.1. The molecule has 0 spiro atoms. The molecule has 0 saturated carbocycles. The van der Waals surface area contributed by atoms with E-state index in [9.17, 15) is 8.78 Å². The molecular weight excluding hydrogens is 382 g/mol. The summed E-state index contributed by atoms with van der Waals surface area (Å²) in [5.74, 6) is 0.198. The summed E-state index contributed by atoms with van der Waals surface area (Å²) in [5.41, 5.74) is 2.35. The highest BCUT2D eigenvalue weighted by Crippen LogP contribution is 2.37. The van der Waals surface area contributed by atoms with Crippen LogP contribution in [0, 0.1) is 11.6 Å². The maximum atomic E-state index is 14.9. The Morgan fingerprint density at radius 3 is 2.37 bits per heavy atom. The van der Waals surface area contributed by atoms with E-state index in [1.54, 1.807) is 18.2 Å². The minimum Gasteiger partial charge on any atom is -0.492 e. The van der Waals surface area contributed by atoms with Gasteiger partial charge in [0.25, 0.3) is 0 Å². The third-order valence-electron chi connectivity index (χ3n) is 5.63. The Hall–Kier alpha value is -2.92. The van der Waals surface area contributed by atoms with E-state index in [1.165, 1.54) is 18.2 Å². The predicted octanol–water partition coefficient (Wildman–Crippen LogP) is 5.84. The van der Waals surface area contributed by atoms with E-state index in [0.29, 0.717) is 18.7 Å². The van der Waals surface area contributed by atoms with Gasteiger partial charge in [0, 0.05) is 23.9 Å². The van der Waals surface area contributed by atoms with Crippen molar-refractivity contribution in [3.05, 3.63) is 77.9 Å². The van der Waals surface area contributed by atoms with E-state index in [1.807, 2.05) is 28.8 Å². The van der Waals surface area contributed by atoms with Crippen molar-refractivity contribution in [2.45, 2.75) is 20.4 Å². The molecule has 0 unspecified atom stereocenters. The number of likely N-dealkylation sites (N-methyl/N-ethyl adjacent to an activating group) is 1. The lowest BCUT2D eigenvalue weighted by molar-refractivity contribution is 0.224. The summed E-state index contributed by atoms with van der Waals surface area (Å²) in [7, 11) is 0. The molecule has 0 N–H and O–H groups in total. The van der Waals surface area contributed by atoms with Gasteiger partial charge in [-0.2, -0.15) is 0 Å². The minimum absolute atomic E-state index is 0.278. The number of para-hydroxylation sites is 1. The number of ether oxygens (including phenoxy) is 1. The van der Waals surface area contributed by atoms with Crippen LogP contribution >= 0.6 is 0 Å². The summed E-state index contributed by atoms with van der Waals surface area (Å²) >= 11 is 0. The molecule has 4 rings (SSSR count). The third kappa shape index (κ3) is 3.90. The molecule has 0 amide bonds. The zero-order chi connectivity index (χ0) is 21.1. The molecular formula is C25H26F2N2O. The Balaban J connectivity index is 1.78. The van der Waals surface area contributed by atoms with Crippen molar-refractivity contribution in [1.29, 1.82) is 0 Å². The number of rotatable bonds is 8. The molecule has 30 heavy (non-hydrogen) atoms. The van der Waals surface area contributed by atoms with Gasteiger partial charge in [-0.05, 0) is 49.0 Å². The molecule has 3 nitrogen and oxygen atoms in total. The summed E-state index contributed by atoms with van der Waals surface area (Å²) in [6.45, 7) is 8.08. The van der Waals surface area contributed by atoms with Crippen molar-refractivity contribution in [1.82, 2.24) is 9.47 Å². The molecule has 0 aliphatic carbocycles. The maximum absolute atomic E-state index is 14.9. The van der Waals surface area contributed by atoms with Gasteiger partial charge in [-0.1, -0.05) is 44.2 Å². The van der Waals surface area contributed by atoms with Gasteiger partial charge in [-0.25, -0.2) is 8.78 Å². The van der Waals surface area contributed by atoms with Crippen LogP contribution in [0.25, 0.3) is 21.8 Å². The van der Waals surface area contributed by atoms with Gasteiger partial charge in [0.05, 0.1) is 11.0 Å². The summed E-state index contributed by atoms with van der Waals surface area (Å²) in [4.78, 5) is 2.30. The van der Waals surface area contributed by atoms with E-state index in [2.05, 4.69) is 18.7 Å². The fraction of sp³-hybridized carbons (Fsp3) is 0.280. The number of aromatic nitrogens is 1. The first-order chi connectivity index (χ1) is 14.6. The standard InChI is InChI=1S/C25H26F2N2O/c1-3-28(4-2)15-16-30-23-10-6-9-22-24(23)20-7-5-8-21(27)25(20)29(22)17-18-11-13-19(26)14-12-18/h5-14H,3-4,15-17H2,1-2H3. The molecule has 4 aromatic rings. The Labute approximate surface area is 175 Å². The Bertz CT molecular complexity index is 1150. The molecule has 0 atom stereocenters. The van der Waals surface area contributed by atoms with Crippen LogP contribution in [0.5, 0.6) is 5.75 Å². The second-order valence-corrected chi connectivity index (χ2v) is 7.37. The summed E-state index contributed by atoms with van der Waals surface area (Å²) in [5, 5.41) is 1.74. The van der Waals surface area contributed by atoms with Crippen LogP contribution in [-0.2, 0) is 6.54 Å². The van der Waals surface area contributed by atoms with Crippen LogP contribution in [0.1, 0.15) is 19.4 Å². The average Bonchev–Trinajstić information content (AvgIpc) is 3.08. The van der Waals surface area contributed by atoms with Crippen LogP contribution in [0.2, 0.25) is 0 Å². The number of nitrogens with zero attached hydrogens (tertiary/aromatic N) is 2. The van der Waals surface area contributed by atoms with Gasteiger partial charge >= 0.3 is 0 Å². The lowest BCUT2D eigenvalue weighted by Gasteiger charge is -2.18. The maximum Gasteiger partial charge on any atom is 0.147 e. The van der Waals surface area contributed by atoms with Crippen LogP contribution < -0.4 is 4.74 Å². The molecule has 0 aliphatic rings. The minimum atomic E-state index is -0.281. The molecule has 1 heterocycles. The molecule has 1 aromatic heterocycles. The Morgan fingerprint density at radius 2 is 1.63 bits per heavy atom. The number of fused-ring (bicyclic) bond motifs is 3. The first kappa shape index (κ1) is 20.4. The number of hydrogen-bond acceptors (Lipinski definition) is 2. The third-order valence-corrected chi connectivity index (χ3v) is 5.63. The second kappa shape index (κ2) is 8.84. The van der Waals surface area contributed by atoms with E-state index in [0.717, 1.165) is 47.2 Å². The molecule has 0 aliphatic heterocycles. The van der Waals surface area contributed by atoms with E-state index in [4.69, 9.17) is 4.74 Å². The van der Waals surface area contributed by atoms with E-state index in [-0.39, 0.29) is 11.6 Å². The number of halogens is 2. The fourth-order valence-corrected chi connectivity index (χ4v) is 4.01.